The van der Waals surface area contributed by atoms with E-state index in [1.54, 1.807) is 7.11 Å². The van der Waals surface area contributed by atoms with E-state index in [1.165, 1.54) is 0 Å². The van der Waals surface area contributed by atoms with Gasteiger partial charge in [-0.25, -0.2) is 0 Å². The highest BCUT2D eigenvalue weighted by atomic mass is 79.9. The minimum atomic E-state index is 0.357. The van der Waals surface area contributed by atoms with Gasteiger partial charge in [0, 0.05) is 12.4 Å². The number of alkyl halides is 1. The van der Waals surface area contributed by atoms with Crippen LogP contribution in [-0.2, 0) is 4.74 Å². The Kier molecular flexibility index (Phi) is 4.54. The number of halogens is 1. The summed E-state index contributed by atoms with van der Waals surface area (Å²) in [7, 11) is 1.76. The Bertz CT molecular complexity index is 91.3. The fourth-order valence-corrected chi connectivity index (χ4v) is 1.14. The molecule has 0 bridgehead atoms. The summed E-state index contributed by atoms with van der Waals surface area (Å²) in [5.41, 5.74) is 0.357. The van der Waals surface area contributed by atoms with Crippen molar-refractivity contribution in [1.29, 1.82) is 0 Å². The molecule has 0 rings (SSSR count). The first-order valence-electron chi connectivity index (χ1n) is 3.60. The van der Waals surface area contributed by atoms with Crippen LogP contribution in [-0.4, -0.2) is 18.5 Å². The molecule has 0 radical (unpaired) electrons. The molecule has 0 aromatic rings. The summed E-state index contributed by atoms with van der Waals surface area (Å²) >= 11 is 3.47. The van der Waals surface area contributed by atoms with Crippen molar-refractivity contribution >= 4 is 15.9 Å². The molecule has 10 heavy (non-hydrogen) atoms. The topological polar surface area (TPSA) is 9.23 Å². The Morgan fingerprint density at radius 2 is 2.00 bits per heavy atom. The van der Waals surface area contributed by atoms with Gasteiger partial charge < -0.3 is 4.74 Å². The molecule has 1 unspecified atom stereocenters. The third-order valence-electron chi connectivity index (χ3n) is 1.60. The molecule has 0 aromatic heterocycles. The second-order valence-electron chi connectivity index (χ2n) is 3.55. The van der Waals surface area contributed by atoms with Crippen LogP contribution in [0.15, 0.2) is 0 Å². The lowest BCUT2D eigenvalue weighted by atomic mass is 9.90. The van der Waals surface area contributed by atoms with Crippen molar-refractivity contribution in [1.82, 2.24) is 0 Å². The Labute approximate surface area is 72.3 Å². The zero-order valence-corrected chi connectivity index (χ0v) is 8.86. The minimum Gasteiger partial charge on any atom is -0.382 e. The molecule has 0 saturated carbocycles. The molecule has 0 N–H and O–H groups in total. The predicted molar refractivity (Wildman–Crippen MR) is 48.7 cm³/mol. The highest BCUT2D eigenvalue weighted by Gasteiger charge is 2.18. The van der Waals surface area contributed by atoms with Crippen molar-refractivity contribution in [2.45, 2.75) is 33.3 Å². The van der Waals surface area contributed by atoms with E-state index in [-0.39, 0.29) is 0 Å². The van der Waals surface area contributed by atoms with Crippen LogP contribution in [0.25, 0.3) is 0 Å². The summed E-state index contributed by atoms with van der Waals surface area (Å²) in [5.74, 6) is 0. The first-order chi connectivity index (χ1) is 4.52. The maximum atomic E-state index is 5.17. The molecule has 0 amide bonds. The molecule has 62 valence electrons. The molecular weight excluding hydrogens is 192 g/mol. The summed E-state index contributed by atoms with van der Waals surface area (Å²) < 4.78 is 5.17. The molecular formula is C8H17BrO. The second kappa shape index (κ2) is 4.35. The predicted octanol–water partition coefficient (Wildman–Crippen LogP) is 2.83. The molecule has 0 fully saturated rings. The van der Waals surface area contributed by atoms with E-state index >= 15 is 0 Å². The Morgan fingerprint density at radius 1 is 1.50 bits per heavy atom. The molecule has 0 aliphatic heterocycles. The van der Waals surface area contributed by atoms with Crippen LogP contribution in [0.1, 0.15) is 27.2 Å². The van der Waals surface area contributed by atoms with Gasteiger partial charge in [0.15, 0.2) is 0 Å². The SMILES string of the molecule is COC(C)CC(C)(C)CBr. The first kappa shape index (κ1) is 10.4. The van der Waals surface area contributed by atoms with E-state index in [1.807, 2.05) is 0 Å². The van der Waals surface area contributed by atoms with E-state index in [2.05, 4.69) is 36.7 Å². The van der Waals surface area contributed by atoms with Gasteiger partial charge in [-0.05, 0) is 18.8 Å². The smallest absolute Gasteiger partial charge is 0.0548 e. The quantitative estimate of drug-likeness (QED) is 0.647. The van der Waals surface area contributed by atoms with Crippen molar-refractivity contribution < 1.29 is 4.74 Å². The molecule has 0 spiro atoms. The molecule has 0 aromatic carbocycles. The molecule has 2 heteroatoms. The lowest BCUT2D eigenvalue weighted by Crippen LogP contribution is -2.21. The monoisotopic (exact) mass is 208 g/mol. The first-order valence-corrected chi connectivity index (χ1v) is 4.73. The lowest BCUT2D eigenvalue weighted by molar-refractivity contribution is 0.0821. The van der Waals surface area contributed by atoms with Crippen LogP contribution in [0.5, 0.6) is 0 Å². The standard InChI is InChI=1S/C8H17BrO/c1-7(10-4)5-8(2,3)6-9/h7H,5-6H2,1-4H3. The van der Waals surface area contributed by atoms with Crippen molar-refractivity contribution in [3.8, 4) is 0 Å². The van der Waals surface area contributed by atoms with Crippen LogP contribution in [0.4, 0.5) is 0 Å². The van der Waals surface area contributed by atoms with E-state index in [9.17, 15) is 0 Å². The maximum Gasteiger partial charge on any atom is 0.0548 e. The van der Waals surface area contributed by atoms with Crippen molar-refractivity contribution in [3.63, 3.8) is 0 Å². The summed E-state index contributed by atoms with van der Waals surface area (Å²) in [6.07, 6.45) is 1.47. The van der Waals surface area contributed by atoms with Gasteiger partial charge in [0.1, 0.15) is 0 Å². The van der Waals surface area contributed by atoms with Crippen molar-refractivity contribution in [2.24, 2.45) is 5.41 Å². The maximum absolute atomic E-state index is 5.17. The van der Waals surface area contributed by atoms with Gasteiger partial charge >= 0.3 is 0 Å². The minimum absolute atomic E-state index is 0.357. The number of hydrogen-bond donors (Lipinski definition) is 0. The zero-order chi connectivity index (χ0) is 8.20. The third kappa shape index (κ3) is 4.29. The number of methoxy groups -OCH3 is 1. The molecule has 0 heterocycles. The van der Waals surface area contributed by atoms with Gasteiger partial charge in [0.05, 0.1) is 6.10 Å². The molecule has 1 nitrogen and oxygen atoms in total. The van der Waals surface area contributed by atoms with Gasteiger partial charge in [-0.15, -0.1) is 0 Å². The van der Waals surface area contributed by atoms with Gasteiger partial charge in [-0.3, -0.25) is 0 Å². The van der Waals surface area contributed by atoms with E-state index in [0.717, 1.165) is 11.8 Å². The van der Waals surface area contributed by atoms with Crippen LogP contribution in [0.2, 0.25) is 0 Å². The average Bonchev–Trinajstić information content (AvgIpc) is 1.87. The lowest BCUT2D eigenvalue weighted by Gasteiger charge is -2.24. The summed E-state index contributed by atoms with van der Waals surface area (Å²) in [5, 5.41) is 1.04. The fraction of sp³-hybridized carbons (Fsp3) is 1.00. The Morgan fingerprint density at radius 3 is 2.30 bits per heavy atom. The van der Waals surface area contributed by atoms with Gasteiger partial charge in [0.25, 0.3) is 0 Å². The van der Waals surface area contributed by atoms with Gasteiger partial charge in [-0.2, -0.15) is 0 Å². The van der Waals surface area contributed by atoms with E-state index < -0.39 is 0 Å². The largest absolute Gasteiger partial charge is 0.382 e. The summed E-state index contributed by atoms with van der Waals surface area (Å²) in [6, 6.07) is 0. The van der Waals surface area contributed by atoms with Gasteiger partial charge in [-0.1, -0.05) is 29.8 Å². The third-order valence-corrected chi connectivity index (χ3v) is 3.12. The number of hydrogen-bond acceptors (Lipinski definition) is 1. The van der Waals surface area contributed by atoms with E-state index in [4.69, 9.17) is 4.74 Å². The number of ether oxygens (including phenoxy) is 1. The fourth-order valence-electron chi connectivity index (χ4n) is 0.916. The molecule has 0 aliphatic carbocycles. The van der Waals surface area contributed by atoms with Crippen molar-refractivity contribution in [3.05, 3.63) is 0 Å². The Hall–Kier alpha value is 0.440. The second-order valence-corrected chi connectivity index (χ2v) is 4.11. The molecule has 0 saturated heterocycles. The highest BCUT2D eigenvalue weighted by Crippen LogP contribution is 2.25. The van der Waals surface area contributed by atoms with Crippen LogP contribution >= 0.6 is 15.9 Å². The van der Waals surface area contributed by atoms with Crippen LogP contribution in [0, 0.1) is 5.41 Å². The highest BCUT2D eigenvalue weighted by molar-refractivity contribution is 9.09. The number of rotatable bonds is 4. The average molecular weight is 209 g/mol. The molecule has 1 atom stereocenters. The van der Waals surface area contributed by atoms with Gasteiger partial charge in [0.2, 0.25) is 0 Å². The summed E-state index contributed by atoms with van der Waals surface area (Å²) in [4.78, 5) is 0. The van der Waals surface area contributed by atoms with E-state index in [0.29, 0.717) is 11.5 Å². The van der Waals surface area contributed by atoms with Crippen LogP contribution in [0.3, 0.4) is 0 Å². The van der Waals surface area contributed by atoms with Crippen molar-refractivity contribution in [2.75, 3.05) is 12.4 Å². The summed E-state index contributed by atoms with van der Waals surface area (Å²) in [6.45, 7) is 6.57. The zero-order valence-electron chi connectivity index (χ0n) is 7.28. The Balaban J connectivity index is 3.64. The molecule has 0 aliphatic rings. The van der Waals surface area contributed by atoms with Crippen LogP contribution < -0.4 is 0 Å². The normalized spacial score (nSPS) is 15.3.